The van der Waals surface area contributed by atoms with Gasteiger partial charge in [-0.05, 0) is 24.8 Å². The van der Waals surface area contributed by atoms with E-state index >= 15 is 0 Å². The smallest absolute Gasteiger partial charge is 0.128 e. The Morgan fingerprint density at radius 1 is 1.59 bits per heavy atom. The van der Waals surface area contributed by atoms with Crippen molar-refractivity contribution in [1.29, 1.82) is 0 Å². The normalized spacial score (nSPS) is 20.6. The molecule has 17 heavy (non-hydrogen) atoms. The van der Waals surface area contributed by atoms with Crippen molar-refractivity contribution in [3.63, 3.8) is 0 Å². The van der Waals surface area contributed by atoms with Crippen LogP contribution in [0.1, 0.15) is 31.7 Å². The van der Waals surface area contributed by atoms with E-state index in [0.717, 1.165) is 30.4 Å². The van der Waals surface area contributed by atoms with Gasteiger partial charge in [0.2, 0.25) is 0 Å². The van der Waals surface area contributed by atoms with Crippen LogP contribution in [0.3, 0.4) is 0 Å². The molecular formula is C13H19ClN2O. The first-order valence-electron chi connectivity index (χ1n) is 6.24. The number of pyridine rings is 1. The molecule has 0 spiro atoms. The molecule has 1 aromatic heterocycles. The molecule has 1 atom stereocenters. The van der Waals surface area contributed by atoms with Gasteiger partial charge >= 0.3 is 0 Å². The molecule has 0 aliphatic carbocycles. The lowest BCUT2D eigenvalue weighted by Crippen LogP contribution is -2.35. The number of aromatic nitrogens is 1. The van der Waals surface area contributed by atoms with E-state index < -0.39 is 0 Å². The Morgan fingerprint density at radius 3 is 3.12 bits per heavy atom. The highest BCUT2D eigenvalue weighted by molar-refractivity contribution is 6.31. The summed E-state index contributed by atoms with van der Waals surface area (Å²) in [4.78, 5) is 6.66. The predicted octanol–water partition coefficient (Wildman–Crippen LogP) is 2.85. The molecule has 1 unspecified atom stereocenters. The van der Waals surface area contributed by atoms with Gasteiger partial charge in [-0.3, -0.25) is 0 Å². The molecule has 0 amide bonds. The highest BCUT2D eigenvalue weighted by Crippen LogP contribution is 2.26. The zero-order valence-electron chi connectivity index (χ0n) is 10.2. The predicted molar refractivity (Wildman–Crippen MR) is 70.4 cm³/mol. The average Bonchev–Trinajstić information content (AvgIpc) is 2.39. The van der Waals surface area contributed by atoms with E-state index in [4.69, 9.17) is 11.6 Å². The lowest BCUT2D eigenvalue weighted by molar-refractivity contribution is 0.282. The van der Waals surface area contributed by atoms with Gasteiger partial charge in [-0.1, -0.05) is 24.9 Å². The quantitative estimate of drug-likeness (QED) is 0.901. The number of aliphatic hydroxyl groups excluding tert-OH is 1. The molecule has 0 radical (unpaired) electrons. The molecule has 1 aliphatic rings. The van der Waals surface area contributed by atoms with Crippen LogP contribution in [0.15, 0.2) is 12.3 Å². The highest BCUT2D eigenvalue weighted by Gasteiger charge is 2.19. The Balaban J connectivity index is 2.16. The SMILES string of the molecule is CCC1CCCN(c2cc(CO)c(Cl)cn2)C1. The van der Waals surface area contributed by atoms with E-state index in [2.05, 4.69) is 16.8 Å². The maximum absolute atomic E-state index is 9.21. The van der Waals surface area contributed by atoms with Crippen molar-refractivity contribution in [2.24, 2.45) is 5.92 Å². The molecule has 0 aromatic carbocycles. The second kappa shape index (κ2) is 5.69. The van der Waals surface area contributed by atoms with Crippen LogP contribution >= 0.6 is 11.6 Å². The Bertz CT molecular complexity index is 384. The standard InChI is InChI=1S/C13H19ClN2O/c1-2-10-4-3-5-16(8-10)13-6-11(9-17)12(14)7-15-13/h6-7,10,17H,2-5,8-9H2,1H3. The van der Waals surface area contributed by atoms with Crippen LogP contribution in [-0.2, 0) is 6.61 Å². The van der Waals surface area contributed by atoms with Crippen LogP contribution in [-0.4, -0.2) is 23.2 Å². The van der Waals surface area contributed by atoms with Gasteiger partial charge in [0.05, 0.1) is 11.6 Å². The summed E-state index contributed by atoms with van der Waals surface area (Å²) in [5.41, 5.74) is 0.760. The number of hydrogen-bond donors (Lipinski definition) is 1. The fourth-order valence-corrected chi connectivity index (χ4v) is 2.53. The van der Waals surface area contributed by atoms with Crippen molar-refractivity contribution in [2.75, 3.05) is 18.0 Å². The molecule has 0 bridgehead atoms. The molecule has 94 valence electrons. The second-order valence-electron chi connectivity index (χ2n) is 4.65. The Morgan fingerprint density at radius 2 is 2.41 bits per heavy atom. The van der Waals surface area contributed by atoms with E-state index in [-0.39, 0.29) is 6.61 Å². The molecular weight excluding hydrogens is 236 g/mol. The molecule has 1 N–H and O–H groups in total. The molecule has 2 rings (SSSR count). The summed E-state index contributed by atoms with van der Waals surface area (Å²) < 4.78 is 0. The molecule has 1 aliphatic heterocycles. The minimum atomic E-state index is -0.0284. The average molecular weight is 255 g/mol. The largest absolute Gasteiger partial charge is 0.392 e. The summed E-state index contributed by atoms with van der Waals surface area (Å²) in [6.07, 6.45) is 5.39. The summed E-state index contributed by atoms with van der Waals surface area (Å²) in [5.74, 6) is 1.70. The van der Waals surface area contributed by atoms with Crippen LogP contribution in [0.25, 0.3) is 0 Å². The van der Waals surface area contributed by atoms with Gasteiger partial charge in [-0.15, -0.1) is 0 Å². The number of rotatable bonds is 3. The molecule has 2 heterocycles. The van der Waals surface area contributed by atoms with E-state index in [1.807, 2.05) is 6.07 Å². The molecule has 1 aromatic rings. The van der Waals surface area contributed by atoms with Crippen LogP contribution in [0.5, 0.6) is 0 Å². The van der Waals surface area contributed by atoms with E-state index in [0.29, 0.717) is 5.02 Å². The molecule has 3 nitrogen and oxygen atoms in total. The fourth-order valence-electron chi connectivity index (χ4n) is 2.37. The third-order valence-corrected chi connectivity index (χ3v) is 3.85. The lowest BCUT2D eigenvalue weighted by atomic mass is 9.95. The maximum atomic E-state index is 9.21. The van der Waals surface area contributed by atoms with Crippen LogP contribution in [0, 0.1) is 5.92 Å². The minimum absolute atomic E-state index is 0.0284. The zero-order valence-corrected chi connectivity index (χ0v) is 11.0. The van der Waals surface area contributed by atoms with E-state index in [9.17, 15) is 5.11 Å². The van der Waals surface area contributed by atoms with Crippen molar-refractivity contribution >= 4 is 17.4 Å². The number of aliphatic hydroxyl groups is 1. The van der Waals surface area contributed by atoms with Crippen molar-refractivity contribution < 1.29 is 5.11 Å². The van der Waals surface area contributed by atoms with Crippen LogP contribution < -0.4 is 4.90 Å². The first kappa shape index (κ1) is 12.7. The lowest BCUT2D eigenvalue weighted by Gasteiger charge is -2.33. The van der Waals surface area contributed by atoms with Crippen molar-refractivity contribution in [3.05, 3.63) is 22.8 Å². The summed E-state index contributed by atoms with van der Waals surface area (Å²) in [7, 11) is 0. The van der Waals surface area contributed by atoms with Gasteiger partial charge in [0.15, 0.2) is 0 Å². The summed E-state index contributed by atoms with van der Waals surface area (Å²) in [5, 5.41) is 9.75. The zero-order chi connectivity index (χ0) is 12.3. The van der Waals surface area contributed by atoms with Crippen molar-refractivity contribution in [3.8, 4) is 0 Å². The topological polar surface area (TPSA) is 36.4 Å². The number of nitrogens with zero attached hydrogens (tertiary/aromatic N) is 2. The molecule has 1 fully saturated rings. The third kappa shape index (κ3) is 2.90. The summed E-state index contributed by atoms with van der Waals surface area (Å²) >= 11 is 5.95. The second-order valence-corrected chi connectivity index (χ2v) is 5.06. The minimum Gasteiger partial charge on any atom is -0.392 e. The molecule has 1 saturated heterocycles. The van der Waals surface area contributed by atoms with Gasteiger partial charge in [0, 0.05) is 24.8 Å². The van der Waals surface area contributed by atoms with E-state index in [1.54, 1.807) is 6.20 Å². The van der Waals surface area contributed by atoms with Gasteiger partial charge < -0.3 is 10.0 Å². The van der Waals surface area contributed by atoms with Gasteiger partial charge in [-0.25, -0.2) is 4.98 Å². The first-order valence-corrected chi connectivity index (χ1v) is 6.62. The van der Waals surface area contributed by atoms with Crippen molar-refractivity contribution in [1.82, 2.24) is 4.98 Å². The van der Waals surface area contributed by atoms with Crippen LogP contribution in [0.4, 0.5) is 5.82 Å². The highest BCUT2D eigenvalue weighted by atomic mass is 35.5. The molecule has 4 heteroatoms. The van der Waals surface area contributed by atoms with Gasteiger partial charge in [0.1, 0.15) is 5.82 Å². The third-order valence-electron chi connectivity index (χ3n) is 3.51. The Hall–Kier alpha value is -0.800. The van der Waals surface area contributed by atoms with Crippen LogP contribution in [0.2, 0.25) is 5.02 Å². The first-order chi connectivity index (χ1) is 8.24. The Labute approximate surface area is 107 Å². The summed E-state index contributed by atoms with van der Waals surface area (Å²) in [6, 6.07) is 1.90. The molecule has 0 saturated carbocycles. The number of halogens is 1. The van der Waals surface area contributed by atoms with E-state index in [1.165, 1.54) is 19.3 Å². The van der Waals surface area contributed by atoms with Gasteiger partial charge in [-0.2, -0.15) is 0 Å². The number of piperidine rings is 1. The monoisotopic (exact) mass is 254 g/mol. The number of hydrogen-bond acceptors (Lipinski definition) is 3. The van der Waals surface area contributed by atoms with Gasteiger partial charge in [0.25, 0.3) is 0 Å². The fraction of sp³-hybridized carbons (Fsp3) is 0.615. The maximum Gasteiger partial charge on any atom is 0.128 e. The summed E-state index contributed by atoms with van der Waals surface area (Å²) in [6.45, 7) is 4.33. The number of anilines is 1. The van der Waals surface area contributed by atoms with Crippen molar-refractivity contribution in [2.45, 2.75) is 32.8 Å². The Kier molecular flexibility index (Phi) is 4.24.